The highest BCUT2D eigenvalue weighted by Gasteiger charge is 2.18. The fraction of sp³-hybridized carbons (Fsp3) is 0.733. The van der Waals surface area contributed by atoms with Crippen molar-refractivity contribution in [2.45, 2.75) is 72.0 Å². The molecule has 0 unspecified atom stereocenters. The highest BCUT2D eigenvalue weighted by molar-refractivity contribution is 5.75. The lowest BCUT2D eigenvalue weighted by Gasteiger charge is -2.19. The Morgan fingerprint density at radius 3 is 1.28 bits per heavy atom. The van der Waals surface area contributed by atoms with Crippen LogP contribution in [0.3, 0.4) is 0 Å². The maximum absolute atomic E-state index is 11.4. The van der Waals surface area contributed by atoms with Gasteiger partial charge < -0.3 is 19.1 Å². The van der Waals surface area contributed by atoms with E-state index in [0.29, 0.717) is 0 Å². The number of hydroxylamine groups is 2. The molecule has 0 aromatic heterocycles. The Bertz CT molecular complexity index is 447. The van der Waals surface area contributed by atoms with Gasteiger partial charge in [-0.15, -0.1) is 11.0 Å². The summed E-state index contributed by atoms with van der Waals surface area (Å²) >= 11 is 0. The van der Waals surface area contributed by atoms with Crippen molar-refractivity contribution in [3.8, 4) is 0 Å². The lowest BCUT2D eigenvalue weighted by molar-refractivity contribution is -0.152. The summed E-state index contributed by atoms with van der Waals surface area (Å²) in [6.45, 7) is 9.95. The van der Waals surface area contributed by atoms with Crippen molar-refractivity contribution in [3.05, 3.63) is 0 Å². The third-order valence-corrected chi connectivity index (χ3v) is 2.06. The second kappa shape index (κ2) is 9.70. The van der Waals surface area contributed by atoms with Gasteiger partial charge in [-0.05, 0) is 48.0 Å². The Hall–Kier alpha value is -2.52. The topological polar surface area (TPSA) is 129 Å². The van der Waals surface area contributed by atoms with Crippen LogP contribution in [0.5, 0.6) is 0 Å². The highest BCUT2D eigenvalue weighted by Crippen LogP contribution is 2.07. The van der Waals surface area contributed by atoms with Gasteiger partial charge in [0.15, 0.2) is 0 Å². The minimum atomic E-state index is -0.901. The van der Waals surface area contributed by atoms with Gasteiger partial charge in [0.2, 0.25) is 0 Å². The van der Waals surface area contributed by atoms with E-state index in [1.807, 2.05) is 11.0 Å². The van der Waals surface area contributed by atoms with Gasteiger partial charge in [-0.2, -0.15) is 0 Å². The molecule has 25 heavy (non-hydrogen) atoms. The van der Waals surface area contributed by atoms with E-state index in [9.17, 15) is 19.2 Å². The number of nitrogens with one attached hydrogen (secondary N) is 2. The summed E-state index contributed by atoms with van der Waals surface area (Å²) in [5.41, 5.74) is 2.24. The zero-order valence-corrected chi connectivity index (χ0v) is 15.4. The standard InChI is InChI=1S/C15H26N2O8/c1-14(2,3)22-12(20)16-24-10(18)8-7-9-11(19)25-17-13(21)23-15(4,5)6/h7-9H2,1-6H3,(H,16,20)(H,17,21). The van der Waals surface area contributed by atoms with Gasteiger partial charge in [0.05, 0.1) is 0 Å². The lowest BCUT2D eigenvalue weighted by atomic mass is 10.2. The fourth-order valence-corrected chi connectivity index (χ4v) is 1.27. The van der Waals surface area contributed by atoms with Crippen molar-refractivity contribution in [2.75, 3.05) is 0 Å². The fourth-order valence-electron chi connectivity index (χ4n) is 1.27. The molecule has 0 fully saturated rings. The first kappa shape index (κ1) is 22.5. The summed E-state index contributed by atoms with van der Waals surface area (Å²) in [5, 5.41) is 0. The second-order valence-corrected chi connectivity index (χ2v) is 7.01. The molecule has 0 aliphatic heterocycles. The van der Waals surface area contributed by atoms with E-state index in [1.54, 1.807) is 41.5 Å². The molecule has 0 radical (unpaired) electrons. The first-order valence-electron chi connectivity index (χ1n) is 7.66. The smallest absolute Gasteiger partial charge is 0.441 e. The zero-order chi connectivity index (χ0) is 19.7. The number of ether oxygens (including phenoxy) is 2. The first-order valence-corrected chi connectivity index (χ1v) is 7.66. The van der Waals surface area contributed by atoms with Crippen LogP contribution >= 0.6 is 0 Å². The van der Waals surface area contributed by atoms with Crippen LogP contribution in [0.25, 0.3) is 0 Å². The summed E-state index contributed by atoms with van der Waals surface area (Å²) in [6, 6.07) is 0. The minimum absolute atomic E-state index is 0.101. The van der Waals surface area contributed by atoms with Crippen LogP contribution in [0.15, 0.2) is 0 Å². The van der Waals surface area contributed by atoms with E-state index < -0.39 is 35.3 Å². The number of carbonyl (C=O) groups excluding carboxylic acids is 4. The van der Waals surface area contributed by atoms with Crippen LogP contribution < -0.4 is 11.0 Å². The molecule has 0 aromatic carbocycles. The maximum atomic E-state index is 11.4. The zero-order valence-electron chi connectivity index (χ0n) is 15.4. The minimum Gasteiger partial charge on any atom is -0.442 e. The highest BCUT2D eigenvalue weighted by atomic mass is 16.7. The SMILES string of the molecule is CC(C)(C)OC(=O)NOC(=O)CCCC(=O)ONC(=O)OC(C)(C)C. The van der Waals surface area contributed by atoms with Gasteiger partial charge in [0.1, 0.15) is 11.2 Å². The number of rotatable bonds is 4. The molecular weight excluding hydrogens is 336 g/mol. The van der Waals surface area contributed by atoms with Crippen LogP contribution in [0.2, 0.25) is 0 Å². The number of amides is 2. The molecule has 2 amide bonds. The molecule has 10 heteroatoms. The van der Waals surface area contributed by atoms with Gasteiger partial charge in [-0.25, -0.2) is 19.2 Å². The van der Waals surface area contributed by atoms with Crippen molar-refractivity contribution in [3.63, 3.8) is 0 Å². The van der Waals surface area contributed by atoms with Crippen molar-refractivity contribution in [2.24, 2.45) is 0 Å². The quantitative estimate of drug-likeness (QED) is 0.574. The molecule has 144 valence electrons. The van der Waals surface area contributed by atoms with E-state index in [1.165, 1.54) is 0 Å². The molecule has 0 aromatic rings. The summed E-state index contributed by atoms with van der Waals surface area (Å²) < 4.78 is 9.73. The van der Waals surface area contributed by atoms with Crippen molar-refractivity contribution >= 4 is 24.1 Å². The Morgan fingerprint density at radius 1 is 0.680 bits per heavy atom. The van der Waals surface area contributed by atoms with Crippen LogP contribution in [-0.2, 0) is 28.7 Å². The largest absolute Gasteiger partial charge is 0.442 e. The molecule has 0 saturated heterocycles. The van der Waals surface area contributed by atoms with Gasteiger partial charge in [-0.1, -0.05) is 0 Å². The first-order chi connectivity index (χ1) is 11.3. The van der Waals surface area contributed by atoms with Gasteiger partial charge in [0, 0.05) is 12.8 Å². The van der Waals surface area contributed by atoms with Crippen LogP contribution in [0.4, 0.5) is 9.59 Å². The molecule has 0 bridgehead atoms. The monoisotopic (exact) mass is 362 g/mol. The molecule has 0 aliphatic rings. The molecule has 0 saturated carbocycles. The van der Waals surface area contributed by atoms with Crippen LogP contribution in [0.1, 0.15) is 60.8 Å². The molecule has 10 nitrogen and oxygen atoms in total. The van der Waals surface area contributed by atoms with Crippen molar-refractivity contribution in [1.82, 2.24) is 11.0 Å². The molecule has 0 heterocycles. The van der Waals surface area contributed by atoms with E-state index in [4.69, 9.17) is 9.47 Å². The van der Waals surface area contributed by atoms with E-state index in [0.717, 1.165) is 0 Å². The number of carbonyl (C=O) groups is 4. The maximum Gasteiger partial charge on any atom is 0.441 e. The molecular formula is C15H26N2O8. The third kappa shape index (κ3) is 14.8. The summed E-state index contributed by atoms with van der Waals surface area (Å²) in [6.07, 6.45) is -1.98. The van der Waals surface area contributed by atoms with Gasteiger partial charge >= 0.3 is 24.1 Å². The Morgan fingerprint density at radius 2 is 1.00 bits per heavy atom. The molecule has 0 aliphatic carbocycles. The van der Waals surface area contributed by atoms with Gasteiger partial charge in [-0.3, -0.25) is 0 Å². The Labute approximate surface area is 146 Å². The predicted octanol–water partition coefficient (Wildman–Crippen LogP) is 2.12. The molecule has 2 N–H and O–H groups in total. The Balaban J connectivity index is 3.85. The lowest BCUT2D eigenvalue weighted by Crippen LogP contribution is -2.34. The average molecular weight is 362 g/mol. The van der Waals surface area contributed by atoms with Gasteiger partial charge in [0.25, 0.3) is 0 Å². The summed E-state index contributed by atoms with van der Waals surface area (Å²) in [5.74, 6) is -1.50. The normalized spacial score (nSPS) is 11.1. The molecule has 0 spiro atoms. The van der Waals surface area contributed by atoms with Crippen LogP contribution in [0, 0.1) is 0 Å². The average Bonchev–Trinajstić information content (AvgIpc) is 2.39. The van der Waals surface area contributed by atoms with Crippen LogP contribution in [-0.4, -0.2) is 35.3 Å². The second-order valence-electron chi connectivity index (χ2n) is 7.01. The third-order valence-electron chi connectivity index (χ3n) is 2.06. The summed E-state index contributed by atoms with van der Waals surface area (Å²) in [7, 11) is 0. The molecule has 0 atom stereocenters. The van der Waals surface area contributed by atoms with E-state index in [-0.39, 0.29) is 19.3 Å². The summed E-state index contributed by atoms with van der Waals surface area (Å²) in [4.78, 5) is 54.2. The van der Waals surface area contributed by atoms with Crippen molar-refractivity contribution < 1.29 is 38.3 Å². The van der Waals surface area contributed by atoms with E-state index >= 15 is 0 Å². The number of hydrogen-bond acceptors (Lipinski definition) is 8. The van der Waals surface area contributed by atoms with Crippen molar-refractivity contribution in [1.29, 1.82) is 0 Å². The predicted molar refractivity (Wildman–Crippen MR) is 84.8 cm³/mol. The number of hydrogen-bond donors (Lipinski definition) is 2. The molecule has 0 rings (SSSR count). The Kier molecular flexibility index (Phi) is 8.72. The van der Waals surface area contributed by atoms with E-state index in [2.05, 4.69) is 9.68 Å².